The molecule has 2 aromatic carbocycles. The van der Waals surface area contributed by atoms with Crippen molar-refractivity contribution in [3.05, 3.63) is 52.6 Å². The minimum absolute atomic E-state index is 0.138. The van der Waals surface area contributed by atoms with E-state index in [9.17, 15) is 23.7 Å². The predicted molar refractivity (Wildman–Crippen MR) is 95.1 cm³/mol. The lowest BCUT2D eigenvalue weighted by Gasteiger charge is -2.11. The Kier molecular flexibility index (Phi) is 6.73. The van der Waals surface area contributed by atoms with E-state index in [0.29, 0.717) is 33.8 Å². The van der Waals surface area contributed by atoms with Crippen LogP contribution in [0.1, 0.15) is 0 Å². The minimum Gasteiger partial charge on any atom is -0.495 e. The number of nitro groups is 1. The molecular formula is C16H15F2N3O4S. The zero-order chi connectivity index (χ0) is 19.1. The smallest absolute Gasteiger partial charge is 0.288 e. The van der Waals surface area contributed by atoms with E-state index in [0.717, 1.165) is 0 Å². The van der Waals surface area contributed by atoms with Crippen LogP contribution in [-0.2, 0) is 4.79 Å². The van der Waals surface area contributed by atoms with Crippen LogP contribution >= 0.6 is 11.8 Å². The Morgan fingerprint density at radius 2 is 1.96 bits per heavy atom. The average molecular weight is 383 g/mol. The number of anilines is 2. The van der Waals surface area contributed by atoms with Crippen LogP contribution in [0.4, 0.5) is 25.8 Å². The quantitative estimate of drug-likeness (QED) is 0.407. The standard InChI is InChI=1S/C16H15F2N3O4S/c1-25-14-7-4-11(21(23)24)8-13(14)19-9-15(22)20-10-2-5-12(6-3-10)26-16(17)18/h2-8,16,19H,9H2,1H3,(H,20,22). The fourth-order valence-electron chi connectivity index (χ4n) is 2.05. The Balaban J connectivity index is 1.96. The van der Waals surface area contributed by atoms with Crippen LogP contribution in [0, 0.1) is 10.1 Å². The third-order valence-electron chi connectivity index (χ3n) is 3.20. The first-order valence-electron chi connectivity index (χ1n) is 7.30. The summed E-state index contributed by atoms with van der Waals surface area (Å²) in [4.78, 5) is 22.7. The van der Waals surface area contributed by atoms with Crippen molar-refractivity contribution in [2.75, 3.05) is 24.3 Å². The van der Waals surface area contributed by atoms with Gasteiger partial charge in [-0.15, -0.1) is 0 Å². The summed E-state index contributed by atoms with van der Waals surface area (Å²) in [6.45, 7) is -0.162. The number of halogens is 2. The van der Waals surface area contributed by atoms with Gasteiger partial charge in [0.1, 0.15) is 5.75 Å². The second-order valence-corrected chi connectivity index (χ2v) is 6.01. The Morgan fingerprint density at radius 1 is 1.27 bits per heavy atom. The Bertz CT molecular complexity index is 788. The van der Waals surface area contributed by atoms with Gasteiger partial charge in [0.25, 0.3) is 11.4 Å². The van der Waals surface area contributed by atoms with Gasteiger partial charge in [0, 0.05) is 22.7 Å². The first-order valence-corrected chi connectivity index (χ1v) is 8.18. The van der Waals surface area contributed by atoms with Crippen LogP contribution in [0.25, 0.3) is 0 Å². The second-order valence-electron chi connectivity index (χ2n) is 4.95. The molecule has 2 aromatic rings. The fraction of sp³-hybridized carbons (Fsp3) is 0.188. The van der Waals surface area contributed by atoms with Gasteiger partial charge in [-0.05, 0) is 30.3 Å². The van der Waals surface area contributed by atoms with Crippen molar-refractivity contribution in [1.82, 2.24) is 0 Å². The molecule has 2 rings (SSSR count). The minimum atomic E-state index is -2.51. The molecule has 0 heterocycles. The van der Waals surface area contributed by atoms with E-state index in [1.165, 1.54) is 49.6 Å². The summed E-state index contributed by atoms with van der Waals surface area (Å²) in [7, 11) is 1.41. The Hall–Kier alpha value is -2.88. The lowest BCUT2D eigenvalue weighted by atomic mass is 10.2. The van der Waals surface area contributed by atoms with Gasteiger partial charge < -0.3 is 15.4 Å². The highest BCUT2D eigenvalue weighted by molar-refractivity contribution is 7.99. The molecule has 7 nitrogen and oxygen atoms in total. The monoisotopic (exact) mass is 383 g/mol. The molecule has 0 radical (unpaired) electrons. The first-order chi connectivity index (χ1) is 12.4. The van der Waals surface area contributed by atoms with Crippen molar-refractivity contribution in [3.63, 3.8) is 0 Å². The number of ether oxygens (including phenoxy) is 1. The zero-order valence-corrected chi connectivity index (χ0v) is 14.4. The number of carbonyl (C=O) groups excluding carboxylic acids is 1. The van der Waals surface area contributed by atoms with Crippen molar-refractivity contribution < 1.29 is 23.2 Å². The normalized spacial score (nSPS) is 10.5. The van der Waals surface area contributed by atoms with Gasteiger partial charge in [0.05, 0.1) is 24.3 Å². The van der Waals surface area contributed by atoms with Gasteiger partial charge in [-0.1, -0.05) is 11.8 Å². The molecule has 1 amide bonds. The number of benzene rings is 2. The number of nitrogens with zero attached hydrogens (tertiary/aromatic N) is 1. The second kappa shape index (κ2) is 8.99. The van der Waals surface area contributed by atoms with Gasteiger partial charge in [-0.25, -0.2) is 0 Å². The van der Waals surface area contributed by atoms with Crippen molar-refractivity contribution in [3.8, 4) is 5.75 Å². The lowest BCUT2D eigenvalue weighted by Crippen LogP contribution is -2.22. The molecule has 0 unspecified atom stereocenters. The van der Waals surface area contributed by atoms with E-state index < -0.39 is 16.6 Å². The molecule has 10 heteroatoms. The van der Waals surface area contributed by atoms with E-state index in [1.807, 2.05) is 0 Å². The largest absolute Gasteiger partial charge is 0.495 e. The van der Waals surface area contributed by atoms with E-state index in [1.54, 1.807) is 0 Å². The summed E-state index contributed by atoms with van der Waals surface area (Å²) in [6.07, 6.45) is 0. The number of carbonyl (C=O) groups is 1. The molecule has 0 aliphatic heterocycles. The molecule has 0 atom stereocenters. The summed E-state index contributed by atoms with van der Waals surface area (Å²) >= 11 is 0.414. The third-order valence-corrected chi connectivity index (χ3v) is 3.92. The van der Waals surface area contributed by atoms with Gasteiger partial charge in [-0.2, -0.15) is 8.78 Å². The maximum atomic E-state index is 12.3. The summed E-state index contributed by atoms with van der Waals surface area (Å²) in [5.41, 5.74) is 0.614. The number of nitro benzene ring substituents is 1. The maximum absolute atomic E-state index is 12.3. The summed E-state index contributed by atoms with van der Waals surface area (Å²) in [5, 5.41) is 16.2. The number of nitrogens with one attached hydrogen (secondary N) is 2. The van der Waals surface area contributed by atoms with Crippen molar-refractivity contribution in [1.29, 1.82) is 0 Å². The number of thioether (sulfide) groups is 1. The molecular weight excluding hydrogens is 368 g/mol. The van der Waals surface area contributed by atoms with E-state index in [4.69, 9.17) is 4.74 Å². The Labute approximate surface area is 151 Å². The fourth-order valence-corrected chi connectivity index (χ4v) is 2.55. The highest BCUT2D eigenvalue weighted by Crippen LogP contribution is 2.29. The molecule has 0 bridgehead atoms. The molecule has 0 aliphatic rings. The van der Waals surface area contributed by atoms with Crippen LogP contribution in [0.3, 0.4) is 0 Å². The summed E-state index contributed by atoms with van der Waals surface area (Å²) < 4.78 is 29.6. The predicted octanol–water partition coefficient (Wildman–Crippen LogP) is 3.97. The highest BCUT2D eigenvalue weighted by atomic mass is 32.2. The summed E-state index contributed by atoms with van der Waals surface area (Å²) in [5.74, 6) is -2.56. The molecule has 0 fully saturated rings. The van der Waals surface area contributed by atoms with Crippen LogP contribution in [0.5, 0.6) is 5.75 Å². The number of alkyl halides is 2. The van der Waals surface area contributed by atoms with Gasteiger partial charge in [0.15, 0.2) is 0 Å². The van der Waals surface area contributed by atoms with Crippen LogP contribution in [0.15, 0.2) is 47.4 Å². The third kappa shape index (κ3) is 5.59. The highest BCUT2D eigenvalue weighted by Gasteiger charge is 2.12. The molecule has 0 aromatic heterocycles. The number of methoxy groups -OCH3 is 1. The van der Waals surface area contributed by atoms with E-state index >= 15 is 0 Å². The number of non-ortho nitro benzene ring substituents is 1. The molecule has 0 aliphatic carbocycles. The van der Waals surface area contributed by atoms with Crippen LogP contribution in [-0.4, -0.2) is 30.2 Å². The van der Waals surface area contributed by atoms with E-state index in [-0.39, 0.29) is 12.2 Å². The molecule has 0 saturated carbocycles. The number of hydrogen-bond acceptors (Lipinski definition) is 6. The topological polar surface area (TPSA) is 93.5 Å². The number of hydrogen-bond donors (Lipinski definition) is 2. The van der Waals surface area contributed by atoms with Gasteiger partial charge >= 0.3 is 0 Å². The molecule has 0 spiro atoms. The van der Waals surface area contributed by atoms with Gasteiger partial charge in [0.2, 0.25) is 5.91 Å². The molecule has 2 N–H and O–H groups in total. The molecule has 0 saturated heterocycles. The Morgan fingerprint density at radius 3 is 2.54 bits per heavy atom. The lowest BCUT2D eigenvalue weighted by molar-refractivity contribution is -0.384. The van der Waals surface area contributed by atoms with Crippen molar-refractivity contribution >= 4 is 34.7 Å². The van der Waals surface area contributed by atoms with Crippen molar-refractivity contribution in [2.45, 2.75) is 10.7 Å². The number of rotatable bonds is 8. The SMILES string of the molecule is COc1ccc([N+](=O)[O-])cc1NCC(=O)Nc1ccc(SC(F)F)cc1. The maximum Gasteiger partial charge on any atom is 0.288 e. The van der Waals surface area contributed by atoms with Crippen LogP contribution in [0.2, 0.25) is 0 Å². The van der Waals surface area contributed by atoms with Crippen LogP contribution < -0.4 is 15.4 Å². The average Bonchev–Trinajstić information content (AvgIpc) is 2.60. The summed E-state index contributed by atoms with van der Waals surface area (Å²) in [6, 6.07) is 9.96. The zero-order valence-electron chi connectivity index (χ0n) is 13.6. The first kappa shape index (κ1) is 19.4. The van der Waals surface area contributed by atoms with Gasteiger partial charge in [-0.3, -0.25) is 14.9 Å². The molecule has 26 heavy (non-hydrogen) atoms. The van der Waals surface area contributed by atoms with E-state index in [2.05, 4.69) is 10.6 Å². The molecule has 138 valence electrons. The number of amides is 1. The van der Waals surface area contributed by atoms with Crippen molar-refractivity contribution in [2.24, 2.45) is 0 Å².